The number of sulfonamides is 1. The lowest BCUT2D eigenvalue weighted by Gasteiger charge is -2.12. The first kappa shape index (κ1) is 23.0. The van der Waals surface area contributed by atoms with E-state index in [-0.39, 0.29) is 32.4 Å². The molecule has 0 unspecified atom stereocenters. The highest BCUT2D eigenvalue weighted by Crippen LogP contribution is 2.35. The number of alkyl halides is 3. The molecule has 0 aliphatic heterocycles. The van der Waals surface area contributed by atoms with E-state index in [1.165, 1.54) is 29.6 Å². The molecule has 0 amide bonds. The van der Waals surface area contributed by atoms with E-state index in [2.05, 4.69) is 9.97 Å². The van der Waals surface area contributed by atoms with E-state index in [0.717, 1.165) is 29.5 Å². The van der Waals surface area contributed by atoms with Crippen LogP contribution >= 0.6 is 11.3 Å². The fourth-order valence-electron chi connectivity index (χ4n) is 3.08. The number of primary sulfonamides is 1. The van der Waals surface area contributed by atoms with Crippen molar-refractivity contribution >= 4 is 21.4 Å². The van der Waals surface area contributed by atoms with Gasteiger partial charge < -0.3 is 0 Å². The van der Waals surface area contributed by atoms with Gasteiger partial charge in [0.25, 0.3) is 0 Å². The molecule has 0 aliphatic carbocycles. The van der Waals surface area contributed by atoms with Gasteiger partial charge in [-0.1, -0.05) is 18.2 Å². The maximum Gasteiger partial charge on any atom is 0.433 e. The Morgan fingerprint density at radius 2 is 1.58 bits per heavy atom. The molecular weight excluding hydrogens is 485 g/mol. The first-order valence-corrected chi connectivity index (χ1v) is 11.5. The normalized spacial score (nSPS) is 12.2. The minimum Gasteiger partial charge on any atom is -0.228 e. The van der Waals surface area contributed by atoms with Crippen molar-refractivity contribution in [3.05, 3.63) is 77.3 Å². The fourth-order valence-corrected chi connectivity index (χ4v) is 4.92. The quantitative estimate of drug-likeness (QED) is 0.378. The van der Waals surface area contributed by atoms with Crippen LogP contribution in [-0.2, 0) is 16.2 Å². The SMILES string of the molecule is NS(=O)(=O)c1sccc1-c1cccc(-c2nc(-c3ccc(F)c(F)c3)cc(C(F)(F)F)n2)c1. The second-order valence-electron chi connectivity index (χ2n) is 6.84. The zero-order valence-electron chi connectivity index (χ0n) is 16.3. The monoisotopic (exact) mass is 497 g/mol. The van der Waals surface area contributed by atoms with E-state index < -0.39 is 33.5 Å². The Kier molecular flexibility index (Phi) is 5.76. The maximum absolute atomic E-state index is 13.7. The van der Waals surface area contributed by atoms with Crippen molar-refractivity contribution in [3.8, 4) is 33.8 Å². The van der Waals surface area contributed by atoms with Crippen molar-refractivity contribution in [1.82, 2.24) is 9.97 Å². The summed E-state index contributed by atoms with van der Waals surface area (Å²) in [6.07, 6.45) is -4.84. The van der Waals surface area contributed by atoms with Crippen molar-refractivity contribution in [2.45, 2.75) is 10.4 Å². The number of rotatable bonds is 4. The smallest absolute Gasteiger partial charge is 0.228 e. The number of hydrogen-bond acceptors (Lipinski definition) is 5. The van der Waals surface area contributed by atoms with Crippen LogP contribution in [0.5, 0.6) is 0 Å². The van der Waals surface area contributed by atoms with Gasteiger partial charge in [0, 0.05) is 16.7 Å². The number of hydrogen-bond donors (Lipinski definition) is 1. The lowest BCUT2D eigenvalue weighted by Crippen LogP contribution is -2.11. The lowest BCUT2D eigenvalue weighted by molar-refractivity contribution is -0.141. The summed E-state index contributed by atoms with van der Waals surface area (Å²) in [6, 6.07) is 10.7. The molecule has 0 spiro atoms. The molecule has 0 saturated heterocycles. The van der Waals surface area contributed by atoms with Gasteiger partial charge in [0.15, 0.2) is 17.5 Å². The third-order valence-electron chi connectivity index (χ3n) is 4.55. The van der Waals surface area contributed by atoms with E-state index in [1.54, 1.807) is 6.07 Å². The Morgan fingerprint density at radius 3 is 2.24 bits per heavy atom. The van der Waals surface area contributed by atoms with Crippen LogP contribution in [0.25, 0.3) is 33.8 Å². The van der Waals surface area contributed by atoms with E-state index in [1.807, 2.05) is 0 Å². The molecule has 2 aromatic heterocycles. The third-order valence-corrected chi connectivity index (χ3v) is 6.98. The van der Waals surface area contributed by atoms with Crippen molar-refractivity contribution in [2.24, 2.45) is 5.14 Å². The Balaban J connectivity index is 1.88. The maximum atomic E-state index is 13.7. The zero-order valence-corrected chi connectivity index (χ0v) is 17.9. The van der Waals surface area contributed by atoms with Crippen LogP contribution in [0.2, 0.25) is 0 Å². The second kappa shape index (κ2) is 8.28. The van der Waals surface area contributed by atoms with Crippen molar-refractivity contribution in [2.75, 3.05) is 0 Å². The molecular formula is C21H12F5N3O2S2. The van der Waals surface area contributed by atoms with Crippen LogP contribution in [0.4, 0.5) is 22.0 Å². The van der Waals surface area contributed by atoms with Gasteiger partial charge in [0.1, 0.15) is 9.90 Å². The molecule has 2 heterocycles. The van der Waals surface area contributed by atoms with Gasteiger partial charge in [0.2, 0.25) is 10.0 Å². The minimum absolute atomic E-state index is 0.0754. The zero-order chi connectivity index (χ0) is 24.0. The molecule has 12 heteroatoms. The van der Waals surface area contributed by atoms with Gasteiger partial charge in [0.05, 0.1) is 5.69 Å². The molecule has 0 radical (unpaired) electrons. The van der Waals surface area contributed by atoms with Gasteiger partial charge >= 0.3 is 6.18 Å². The van der Waals surface area contributed by atoms with E-state index in [4.69, 9.17) is 5.14 Å². The molecule has 2 N–H and O–H groups in total. The topological polar surface area (TPSA) is 85.9 Å². The van der Waals surface area contributed by atoms with Crippen LogP contribution in [0.15, 0.2) is 64.2 Å². The van der Waals surface area contributed by atoms with E-state index >= 15 is 0 Å². The molecule has 33 heavy (non-hydrogen) atoms. The minimum atomic E-state index is -4.84. The molecule has 0 saturated carbocycles. The highest BCUT2D eigenvalue weighted by atomic mass is 32.2. The van der Waals surface area contributed by atoms with Crippen LogP contribution in [0.3, 0.4) is 0 Å². The Hall–Kier alpha value is -3.22. The van der Waals surface area contributed by atoms with Gasteiger partial charge in [-0.3, -0.25) is 0 Å². The van der Waals surface area contributed by atoms with Gasteiger partial charge in [-0.2, -0.15) is 13.2 Å². The van der Waals surface area contributed by atoms with E-state index in [0.29, 0.717) is 11.6 Å². The number of aromatic nitrogens is 2. The standard InChI is InChI=1S/C21H12F5N3O2S2/c22-15-5-4-12(9-16(15)23)17-10-18(21(24,25)26)29-19(28-17)13-3-1-2-11(8-13)14-6-7-32-20(14)33(27,30)31/h1-10H,(H2,27,30,31). The highest BCUT2D eigenvalue weighted by Gasteiger charge is 2.34. The summed E-state index contributed by atoms with van der Waals surface area (Å²) in [5.41, 5.74) is -0.830. The predicted octanol–water partition coefficient (Wildman–Crippen LogP) is 5.48. The lowest BCUT2D eigenvalue weighted by atomic mass is 10.0. The first-order chi connectivity index (χ1) is 15.4. The van der Waals surface area contributed by atoms with Crippen LogP contribution in [-0.4, -0.2) is 18.4 Å². The molecule has 4 rings (SSSR count). The molecule has 0 bridgehead atoms. The predicted molar refractivity (Wildman–Crippen MR) is 113 cm³/mol. The molecule has 2 aromatic carbocycles. The molecule has 170 valence electrons. The van der Waals surface area contributed by atoms with Crippen LogP contribution < -0.4 is 5.14 Å². The summed E-state index contributed by atoms with van der Waals surface area (Å²) in [7, 11) is -4.02. The Labute approximate surface area is 188 Å². The average Bonchev–Trinajstić information content (AvgIpc) is 3.26. The summed E-state index contributed by atoms with van der Waals surface area (Å²) in [5, 5.41) is 6.76. The van der Waals surface area contributed by atoms with Crippen LogP contribution in [0, 0.1) is 11.6 Å². The second-order valence-corrected chi connectivity index (χ2v) is 9.51. The molecule has 5 nitrogen and oxygen atoms in total. The number of benzene rings is 2. The Bertz CT molecular complexity index is 1470. The van der Waals surface area contributed by atoms with Crippen molar-refractivity contribution in [1.29, 1.82) is 0 Å². The fraction of sp³-hybridized carbons (Fsp3) is 0.0476. The summed E-state index contributed by atoms with van der Waals surface area (Å²) < 4.78 is 91.0. The van der Waals surface area contributed by atoms with Gasteiger partial charge in [-0.15, -0.1) is 11.3 Å². The number of halogens is 5. The summed E-state index contributed by atoms with van der Waals surface area (Å²) in [5.74, 6) is -2.73. The number of nitrogens with zero attached hydrogens (tertiary/aromatic N) is 2. The van der Waals surface area contributed by atoms with Gasteiger partial charge in [-0.05, 0) is 47.3 Å². The van der Waals surface area contributed by atoms with Crippen molar-refractivity contribution in [3.63, 3.8) is 0 Å². The first-order valence-electron chi connectivity index (χ1n) is 9.06. The van der Waals surface area contributed by atoms with Crippen molar-refractivity contribution < 1.29 is 30.4 Å². The highest BCUT2D eigenvalue weighted by molar-refractivity contribution is 7.91. The molecule has 0 fully saturated rings. The van der Waals surface area contributed by atoms with Gasteiger partial charge in [-0.25, -0.2) is 32.3 Å². The number of nitrogens with two attached hydrogens (primary N) is 1. The largest absolute Gasteiger partial charge is 0.433 e. The third kappa shape index (κ3) is 4.77. The van der Waals surface area contributed by atoms with Crippen LogP contribution in [0.1, 0.15) is 5.69 Å². The summed E-state index contributed by atoms with van der Waals surface area (Å²) in [4.78, 5) is 7.70. The summed E-state index contributed by atoms with van der Waals surface area (Å²) in [6.45, 7) is 0. The average molecular weight is 497 g/mol. The summed E-state index contributed by atoms with van der Waals surface area (Å²) >= 11 is 0.902. The number of thiophene rings is 1. The molecule has 0 aliphatic rings. The Morgan fingerprint density at radius 1 is 0.848 bits per heavy atom. The molecule has 0 atom stereocenters. The van der Waals surface area contributed by atoms with E-state index in [9.17, 15) is 30.4 Å². The molecule has 4 aromatic rings.